The molecule has 2 aromatic rings. The van der Waals surface area contributed by atoms with Crippen molar-refractivity contribution >= 4 is 15.7 Å². The van der Waals surface area contributed by atoms with Crippen LogP contribution in [-0.2, 0) is 21.2 Å². The predicted octanol–water partition coefficient (Wildman–Crippen LogP) is 2.45. The van der Waals surface area contributed by atoms with Crippen molar-refractivity contribution in [3.63, 3.8) is 0 Å². The maximum absolute atomic E-state index is 13.4. The molecule has 0 radical (unpaired) electrons. The summed E-state index contributed by atoms with van der Waals surface area (Å²) in [5, 5.41) is 2.47. The molecule has 0 aliphatic carbocycles. The number of hydrogen-bond acceptors (Lipinski definition) is 3. The maximum Gasteiger partial charge on any atom is 0.221 e. The Morgan fingerprint density at radius 3 is 2.30 bits per heavy atom. The van der Waals surface area contributed by atoms with Crippen LogP contribution < -0.4 is 5.32 Å². The number of halogens is 2. The first-order chi connectivity index (χ1) is 10.9. The predicted molar refractivity (Wildman–Crippen MR) is 81.3 cm³/mol. The van der Waals surface area contributed by atoms with Crippen LogP contribution in [0.3, 0.4) is 0 Å². The summed E-state index contributed by atoms with van der Waals surface area (Å²) in [7, 11) is -3.66. The lowest BCUT2D eigenvalue weighted by Crippen LogP contribution is -2.25. The van der Waals surface area contributed by atoms with Gasteiger partial charge in [-0.15, -0.1) is 0 Å². The van der Waals surface area contributed by atoms with Gasteiger partial charge < -0.3 is 5.32 Å². The van der Waals surface area contributed by atoms with Crippen molar-refractivity contribution < 1.29 is 22.0 Å². The van der Waals surface area contributed by atoms with Crippen molar-refractivity contribution in [2.75, 3.05) is 5.75 Å². The van der Waals surface area contributed by atoms with Gasteiger partial charge in [0, 0.05) is 18.5 Å². The smallest absolute Gasteiger partial charge is 0.221 e. The molecule has 1 N–H and O–H groups in total. The Kier molecular flexibility index (Phi) is 5.44. The normalized spacial score (nSPS) is 11.2. The molecule has 0 atom stereocenters. The van der Waals surface area contributed by atoms with Crippen molar-refractivity contribution in [1.29, 1.82) is 0 Å². The van der Waals surface area contributed by atoms with E-state index in [0.29, 0.717) is 5.56 Å². The molecule has 122 valence electrons. The zero-order chi connectivity index (χ0) is 16.9. The lowest BCUT2D eigenvalue weighted by molar-refractivity contribution is -0.120. The third kappa shape index (κ3) is 4.85. The highest BCUT2D eigenvalue weighted by Gasteiger charge is 2.16. The molecule has 0 saturated carbocycles. The highest BCUT2D eigenvalue weighted by atomic mass is 32.2. The minimum atomic E-state index is -3.66. The molecule has 23 heavy (non-hydrogen) atoms. The van der Waals surface area contributed by atoms with Crippen LogP contribution in [0.15, 0.2) is 53.4 Å². The van der Waals surface area contributed by atoms with Gasteiger partial charge in [-0.25, -0.2) is 17.2 Å². The van der Waals surface area contributed by atoms with Gasteiger partial charge in [0.1, 0.15) is 11.6 Å². The summed E-state index contributed by atoms with van der Waals surface area (Å²) in [6, 6.07) is 10.4. The molecule has 0 saturated heterocycles. The van der Waals surface area contributed by atoms with E-state index in [0.717, 1.165) is 24.3 Å². The third-order valence-electron chi connectivity index (χ3n) is 3.20. The van der Waals surface area contributed by atoms with Crippen LogP contribution >= 0.6 is 0 Å². The second-order valence-electron chi connectivity index (χ2n) is 4.89. The second kappa shape index (κ2) is 7.32. The van der Waals surface area contributed by atoms with Gasteiger partial charge in [0.15, 0.2) is 9.84 Å². The van der Waals surface area contributed by atoms with E-state index in [1.807, 2.05) is 0 Å². The van der Waals surface area contributed by atoms with E-state index in [-0.39, 0.29) is 17.9 Å². The number of benzene rings is 2. The van der Waals surface area contributed by atoms with Crippen LogP contribution in [0.2, 0.25) is 0 Å². The van der Waals surface area contributed by atoms with E-state index in [4.69, 9.17) is 0 Å². The van der Waals surface area contributed by atoms with E-state index in [2.05, 4.69) is 5.32 Å². The molecule has 7 heteroatoms. The van der Waals surface area contributed by atoms with E-state index < -0.39 is 33.1 Å². The first kappa shape index (κ1) is 17.1. The van der Waals surface area contributed by atoms with Gasteiger partial charge in [0.25, 0.3) is 0 Å². The average molecular weight is 339 g/mol. The summed E-state index contributed by atoms with van der Waals surface area (Å²) < 4.78 is 50.2. The lowest BCUT2D eigenvalue weighted by atomic mass is 10.2. The van der Waals surface area contributed by atoms with Gasteiger partial charge in [-0.1, -0.05) is 18.2 Å². The fourth-order valence-electron chi connectivity index (χ4n) is 1.91. The summed E-state index contributed by atoms with van der Waals surface area (Å²) in [6.07, 6.45) is -0.256. The van der Waals surface area contributed by atoms with Gasteiger partial charge >= 0.3 is 0 Å². The lowest BCUT2D eigenvalue weighted by Gasteiger charge is -2.07. The first-order valence-electron chi connectivity index (χ1n) is 6.87. The molecule has 2 rings (SSSR count). The highest BCUT2D eigenvalue weighted by molar-refractivity contribution is 7.91. The summed E-state index contributed by atoms with van der Waals surface area (Å²) in [5.74, 6) is -1.88. The quantitative estimate of drug-likeness (QED) is 0.822. The van der Waals surface area contributed by atoms with Crippen LogP contribution in [0.25, 0.3) is 0 Å². The average Bonchev–Trinajstić information content (AvgIpc) is 2.53. The van der Waals surface area contributed by atoms with Crippen molar-refractivity contribution in [3.8, 4) is 0 Å². The molecule has 0 aromatic heterocycles. The number of nitrogens with one attached hydrogen (secondary N) is 1. The molecule has 0 aliphatic rings. The van der Waals surface area contributed by atoms with Crippen molar-refractivity contribution in [3.05, 3.63) is 65.7 Å². The largest absolute Gasteiger partial charge is 0.352 e. The minimum Gasteiger partial charge on any atom is -0.352 e. The van der Waals surface area contributed by atoms with Crippen molar-refractivity contribution in [2.24, 2.45) is 0 Å². The number of hydrogen-bond donors (Lipinski definition) is 1. The second-order valence-corrected chi connectivity index (χ2v) is 7.00. The van der Waals surface area contributed by atoms with E-state index in [9.17, 15) is 22.0 Å². The Bertz CT molecular complexity index is 789. The van der Waals surface area contributed by atoms with Crippen molar-refractivity contribution in [2.45, 2.75) is 17.9 Å². The van der Waals surface area contributed by atoms with Gasteiger partial charge in [0.2, 0.25) is 5.91 Å². The Balaban J connectivity index is 1.89. The zero-order valence-corrected chi connectivity index (χ0v) is 12.9. The molecule has 2 aromatic carbocycles. The zero-order valence-electron chi connectivity index (χ0n) is 12.1. The van der Waals surface area contributed by atoms with Gasteiger partial charge in [-0.3, -0.25) is 4.79 Å². The van der Waals surface area contributed by atoms with Gasteiger partial charge in [-0.05, 0) is 30.3 Å². The molecule has 0 aliphatic heterocycles. The molecule has 0 heterocycles. The Hall–Kier alpha value is -2.28. The van der Waals surface area contributed by atoms with Gasteiger partial charge in [-0.2, -0.15) is 0 Å². The highest BCUT2D eigenvalue weighted by Crippen LogP contribution is 2.13. The SMILES string of the molecule is O=C(CCS(=O)(=O)c1ccc(F)cc1)NCc1ccccc1F. The van der Waals surface area contributed by atoms with Crippen LogP contribution in [0, 0.1) is 11.6 Å². The number of carbonyl (C=O) groups is 1. The Morgan fingerprint density at radius 2 is 1.65 bits per heavy atom. The van der Waals surface area contributed by atoms with E-state index >= 15 is 0 Å². The fraction of sp³-hybridized carbons (Fsp3) is 0.188. The minimum absolute atomic E-state index is 0.0118. The summed E-state index contributed by atoms with van der Waals surface area (Å²) >= 11 is 0. The van der Waals surface area contributed by atoms with Crippen LogP contribution in [0.4, 0.5) is 8.78 Å². The van der Waals surface area contributed by atoms with E-state index in [1.165, 1.54) is 18.2 Å². The molecule has 0 fully saturated rings. The summed E-state index contributed by atoms with van der Waals surface area (Å²) in [4.78, 5) is 11.7. The summed E-state index contributed by atoms with van der Waals surface area (Å²) in [5.41, 5.74) is 0.322. The monoisotopic (exact) mass is 339 g/mol. The molecule has 1 amide bonds. The Morgan fingerprint density at radius 1 is 1.00 bits per heavy atom. The van der Waals surface area contributed by atoms with Crippen LogP contribution in [-0.4, -0.2) is 20.1 Å². The molecule has 0 unspecified atom stereocenters. The summed E-state index contributed by atoms with van der Waals surface area (Å²) in [6.45, 7) is -0.0118. The molecular formula is C16H15F2NO3S. The van der Waals surface area contributed by atoms with E-state index in [1.54, 1.807) is 6.07 Å². The van der Waals surface area contributed by atoms with Crippen molar-refractivity contribution in [1.82, 2.24) is 5.32 Å². The molecular weight excluding hydrogens is 324 g/mol. The standard InChI is InChI=1S/C16H15F2NO3S/c17-13-5-7-14(8-6-13)23(21,22)10-9-16(20)19-11-12-3-1-2-4-15(12)18/h1-8H,9-11H2,(H,19,20). The third-order valence-corrected chi connectivity index (χ3v) is 4.94. The molecule has 0 bridgehead atoms. The number of amides is 1. The van der Waals surface area contributed by atoms with Gasteiger partial charge in [0.05, 0.1) is 10.6 Å². The number of carbonyl (C=O) groups excluding carboxylic acids is 1. The Labute approximate surface area is 133 Å². The fourth-order valence-corrected chi connectivity index (χ4v) is 3.15. The number of rotatable bonds is 6. The molecule has 4 nitrogen and oxygen atoms in total. The first-order valence-corrected chi connectivity index (χ1v) is 8.52. The number of sulfone groups is 1. The topological polar surface area (TPSA) is 63.2 Å². The maximum atomic E-state index is 13.4. The molecule has 0 spiro atoms. The van der Waals surface area contributed by atoms with Crippen LogP contribution in [0.1, 0.15) is 12.0 Å². The van der Waals surface area contributed by atoms with Crippen LogP contribution in [0.5, 0.6) is 0 Å².